The largest absolute Gasteiger partial charge is 0.394 e. The van der Waals surface area contributed by atoms with E-state index in [0.29, 0.717) is 18.5 Å². The second-order valence-electron chi connectivity index (χ2n) is 7.50. The van der Waals surface area contributed by atoms with Crippen LogP contribution in [-0.4, -0.2) is 40.5 Å². The van der Waals surface area contributed by atoms with E-state index in [-0.39, 0.29) is 5.91 Å². The van der Waals surface area contributed by atoms with Crippen LogP contribution in [0.1, 0.15) is 57.7 Å². The first-order valence-electron chi connectivity index (χ1n) is 9.99. The lowest BCUT2D eigenvalue weighted by Gasteiger charge is -2.26. The molecule has 0 fully saturated rings. The zero-order chi connectivity index (χ0) is 21.6. The van der Waals surface area contributed by atoms with Crippen LogP contribution in [0.3, 0.4) is 0 Å². The molecule has 3 rings (SSSR count). The molecule has 1 aromatic carbocycles. The number of hydrogen-bond acceptors (Lipinski definition) is 4. The van der Waals surface area contributed by atoms with E-state index in [1.807, 2.05) is 13.0 Å². The monoisotopic (exact) mass is 425 g/mol. The molecule has 0 bridgehead atoms. The van der Waals surface area contributed by atoms with Crippen LogP contribution < -0.4 is 10.6 Å². The van der Waals surface area contributed by atoms with E-state index in [1.165, 1.54) is 28.6 Å². The van der Waals surface area contributed by atoms with Gasteiger partial charge in [-0.25, -0.2) is 0 Å². The molecule has 2 unspecified atom stereocenters. The number of aromatic amines is 1. The highest BCUT2D eigenvalue weighted by molar-refractivity contribution is 7.79. The smallest absolute Gasteiger partial charge is 0.358 e. The van der Waals surface area contributed by atoms with E-state index in [2.05, 4.69) is 41.6 Å². The fourth-order valence-electron chi connectivity index (χ4n) is 3.61. The number of H-pyrrole nitrogens is 1. The van der Waals surface area contributed by atoms with E-state index < -0.39 is 10.4 Å². The fourth-order valence-corrected chi connectivity index (χ4v) is 3.61. The standard InChI is InChI=1S/C20H29N3O.H2O4S/c1-4-6-20(24)22-15-8-10-19-17(12-15)16-11-14(21-13(3)5-2)7-9-18(16)23-19;1-5(2,3)4/h8,10,12-14,21,23H,4-7,9,11H2,1-3H3,(H,22,24);(H2,1,2,3,4). The Morgan fingerprint density at radius 1 is 1.31 bits per heavy atom. The van der Waals surface area contributed by atoms with Crippen LogP contribution in [0.15, 0.2) is 18.2 Å². The summed E-state index contributed by atoms with van der Waals surface area (Å²) in [6, 6.07) is 7.32. The summed E-state index contributed by atoms with van der Waals surface area (Å²) in [5.41, 5.74) is 4.87. The van der Waals surface area contributed by atoms with Crippen molar-refractivity contribution in [3.63, 3.8) is 0 Å². The summed E-state index contributed by atoms with van der Waals surface area (Å²) >= 11 is 0. The van der Waals surface area contributed by atoms with Gasteiger partial charge in [0.15, 0.2) is 0 Å². The topological polar surface area (TPSA) is 132 Å². The molecule has 0 radical (unpaired) electrons. The molecule has 0 saturated heterocycles. The Bertz CT molecular complexity index is 931. The normalized spacial score (nSPS) is 17.2. The quantitative estimate of drug-likeness (QED) is 0.450. The molecule has 162 valence electrons. The maximum absolute atomic E-state index is 11.9. The van der Waals surface area contributed by atoms with Gasteiger partial charge in [0.2, 0.25) is 5.91 Å². The van der Waals surface area contributed by atoms with Crippen LogP contribution in [0.25, 0.3) is 10.9 Å². The molecule has 9 heteroatoms. The van der Waals surface area contributed by atoms with Gasteiger partial charge in [0.25, 0.3) is 0 Å². The minimum atomic E-state index is -4.67. The molecule has 0 saturated carbocycles. The summed E-state index contributed by atoms with van der Waals surface area (Å²) in [4.78, 5) is 15.4. The van der Waals surface area contributed by atoms with Crippen molar-refractivity contribution in [2.75, 3.05) is 5.32 Å². The maximum Gasteiger partial charge on any atom is 0.394 e. The molecule has 1 aromatic heterocycles. The van der Waals surface area contributed by atoms with Crippen LogP contribution in [0.4, 0.5) is 5.69 Å². The SMILES string of the molecule is CCCC(=O)Nc1ccc2[nH]c3c(c2c1)CC(NC(C)CC)CC3.O=S(=O)(O)O. The Kier molecular flexibility index (Phi) is 8.21. The first kappa shape index (κ1) is 23.3. The van der Waals surface area contributed by atoms with Crippen molar-refractivity contribution >= 4 is 32.9 Å². The van der Waals surface area contributed by atoms with E-state index in [4.69, 9.17) is 17.5 Å². The van der Waals surface area contributed by atoms with Crippen molar-refractivity contribution in [3.8, 4) is 0 Å². The van der Waals surface area contributed by atoms with Gasteiger partial charge in [0.1, 0.15) is 0 Å². The highest BCUT2D eigenvalue weighted by Gasteiger charge is 2.23. The minimum absolute atomic E-state index is 0.0950. The van der Waals surface area contributed by atoms with Crippen LogP contribution in [-0.2, 0) is 28.0 Å². The van der Waals surface area contributed by atoms with Crippen molar-refractivity contribution in [2.45, 2.75) is 71.4 Å². The second-order valence-corrected chi connectivity index (χ2v) is 8.40. The number of rotatable bonds is 6. The van der Waals surface area contributed by atoms with Crippen molar-refractivity contribution in [3.05, 3.63) is 29.5 Å². The summed E-state index contributed by atoms with van der Waals surface area (Å²) in [6.45, 7) is 6.50. The molecule has 5 N–H and O–H groups in total. The molecule has 1 aliphatic rings. The van der Waals surface area contributed by atoms with Crippen molar-refractivity contribution < 1.29 is 22.3 Å². The van der Waals surface area contributed by atoms with Crippen LogP contribution in [0, 0.1) is 0 Å². The van der Waals surface area contributed by atoms with Gasteiger partial charge in [0, 0.05) is 40.8 Å². The summed E-state index contributed by atoms with van der Waals surface area (Å²) in [7, 11) is -4.67. The average Bonchev–Trinajstić information content (AvgIpc) is 2.98. The number of carbonyl (C=O) groups is 1. The molecular weight excluding hydrogens is 394 g/mol. The zero-order valence-electron chi connectivity index (χ0n) is 17.2. The van der Waals surface area contributed by atoms with Gasteiger partial charge in [-0.2, -0.15) is 8.42 Å². The van der Waals surface area contributed by atoms with Gasteiger partial charge in [-0.15, -0.1) is 0 Å². The summed E-state index contributed by atoms with van der Waals surface area (Å²) < 4.78 is 31.6. The molecule has 8 nitrogen and oxygen atoms in total. The second kappa shape index (κ2) is 10.2. The molecule has 2 aromatic rings. The highest BCUT2D eigenvalue weighted by Crippen LogP contribution is 2.31. The van der Waals surface area contributed by atoms with E-state index in [1.54, 1.807) is 0 Å². The third-order valence-electron chi connectivity index (χ3n) is 5.08. The number of anilines is 1. The Balaban J connectivity index is 0.000000537. The molecule has 0 spiro atoms. The predicted octanol–water partition coefficient (Wildman–Crippen LogP) is 3.50. The van der Waals surface area contributed by atoms with Gasteiger partial charge in [-0.05, 0) is 62.8 Å². The lowest BCUT2D eigenvalue weighted by atomic mass is 9.91. The van der Waals surface area contributed by atoms with Crippen LogP contribution in [0.2, 0.25) is 0 Å². The third-order valence-corrected chi connectivity index (χ3v) is 5.08. The molecule has 29 heavy (non-hydrogen) atoms. The number of aryl methyl sites for hydroxylation is 1. The number of fused-ring (bicyclic) bond motifs is 3. The summed E-state index contributed by atoms with van der Waals surface area (Å²) in [5.74, 6) is 0.0950. The van der Waals surface area contributed by atoms with Crippen molar-refractivity contribution in [2.24, 2.45) is 0 Å². The van der Waals surface area contributed by atoms with Gasteiger partial charge in [0.05, 0.1) is 0 Å². The fraction of sp³-hybridized carbons (Fsp3) is 0.550. The lowest BCUT2D eigenvalue weighted by molar-refractivity contribution is -0.116. The Morgan fingerprint density at radius 3 is 2.62 bits per heavy atom. The number of benzene rings is 1. The zero-order valence-corrected chi connectivity index (χ0v) is 18.0. The van der Waals surface area contributed by atoms with Gasteiger partial charge in [-0.1, -0.05) is 13.8 Å². The Morgan fingerprint density at radius 2 is 2.00 bits per heavy atom. The molecule has 1 aliphatic carbocycles. The molecule has 2 atom stereocenters. The van der Waals surface area contributed by atoms with E-state index in [9.17, 15) is 4.79 Å². The molecule has 0 aliphatic heterocycles. The van der Waals surface area contributed by atoms with Gasteiger partial charge in [-0.3, -0.25) is 13.9 Å². The highest BCUT2D eigenvalue weighted by atomic mass is 32.3. The third kappa shape index (κ3) is 7.43. The van der Waals surface area contributed by atoms with E-state index >= 15 is 0 Å². The van der Waals surface area contributed by atoms with Gasteiger partial charge >= 0.3 is 10.4 Å². The van der Waals surface area contributed by atoms with Crippen molar-refractivity contribution in [1.29, 1.82) is 0 Å². The Hall–Kier alpha value is -1.94. The van der Waals surface area contributed by atoms with Gasteiger partial charge < -0.3 is 15.6 Å². The lowest BCUT2D eigenvalue weighted by Crippen LogP contribution is -2.39. The molecule has 1 amide bonds. The van der Waals surface area contributed by atoms with E-state index in [0.717, 1.165) is 31.4 Å². The number of aromatic nitrogens is 1. The van der Waals surface area contributed by atoms with Crippen molar-refractivity contribution in [1.82, 2.24) is 10.3 Å². The summed E-state index contributed by atoms with van der Waals surface area (Å²) in [5, 5.41) is 8.02. The number of amides is 1. The first-order chi connectivity index (χ1) is 13.6. The average molecular weight is 426 g/mol. The molecular formula is C20H31N3O5S. The number of carbonyl (C=O) groups excluding carboxylic acids is 1. The number of nitrogens with one attached hydrogen (secondary N) is 3. The van der Waals surface area contributed by atoms with Crippen LogP contribution in [0.5, 0.6) is 0 Å². The molecule has 1 heterocycles. The minimum Gasteiger partial charge on any atom is -0.358 e. The van der Waals surface area contributed by atoms with Crippen LogP contribution >= 0.6 is 0 Å². The maximum atomic E-state index is 11.9. The predicted molar refractivity (Wildman–Crippen MR) is 115 cm³/mol. The first-order valence-corrected chi connectivity index (χ1v) is 11.4. The summed E-state index contributed by atoms with van der Waals surface area (Å²) in [6.07, 6.45) is 5.94. The number of hydrogen-bond donors (Lipinski definition) is 5. The Labute approximate surface area is 172 Å².